The summed E-state index contributed by atoms with van der Waals surface area (Å²) >= 11 is 0. The van der Waals surface area contributed by atoms with E-state index < -0.39 is 0 Å². The Bertz CT molecular complexity index is 445. The molecule has 0 saturated carbocycles. The molecule has 4 nitrogen and oxygen atoms in total. The Labute approximate surface area is 114 Å². The molecule has 1 unspecified atom stereocenters. The SMILES string of the molecule is CNC1CCc2cc(OCCCC(=O)OC)ccc21. The Kier molecular flexibility index (Phi) is 4.80. The normalized spacial score (nSPS) is 17.1. The van der Waals surface area contributed by atoms with E-state index in [1.165, 1.54) is 18.2 Å². The molecule has 104 valence electrons. The number of ether oxygens (including phenoxy) is 2. The minimum atomic E-state index is -0.186. The summed E-state index contributed by atoms with van der Waals surface area (Å²) in [6, 6.07) is 6.74. The third kappa shape index (κ3) is 3.47. The van der Waals surface area contributed by atoms with Gasteiger partial charge in [-0.3, -0.25) is 4.79 Å². The smallest absolute Gasteiger partial charge is 0.305 e. The lowest BCUT2D eigenvalue weighted by atomic mass is 10.1. The van der Waals surface area contributed by atoms with Crippen molar-refractivity contribution in [2.24, 2.45) is 0 Å². The van der Waals surface area contributed by atoms with Crippen LogP contribution in [0.3, 0.4) is 0 Å². The predicted molar refractivity (Wildman–Crippen MR) is 73.3 cm³/mol. The summed E-state index contributed by atoms with van der Waals surface area (Å²) in [5, 5.41) is 3.32. The first kappa shape index (κ1) is 13.9. The van der Waals surface area contributed by atoms with Gasteiger partial charge in [-0.25, -0.2) is 0 Å². The minimum absolute atomic E-state index is 0.186. The average molecular weight is 263 g/mol. The fourth-order valence-corrected chi connectivity index (χ4v) is 2.49. The largest absolute Gasteiger partial charge is 0.494 e. The molecule has 0 amide bonds. The highest BCUT2D eigenvalue weighted by Crippen LogP contribution is 2.33. The number of hydrogen-bond donors (Lipinski definition) is 1. The van der Waals surface area contributed by atoms with Crippen LogP contribution >= 0.6 is 0 Å². The van der Waals surface area contributed by atoms with Crippen LogP contribution in [0.5, 0.6) is 5.75 Å². The third-order valence-corrected chi connectivity index (χ3v) is 3.56. The number of aryl methyl sites for hydroxylation is 1. The maximum absolute atomic E-state index is 11.0. The second kappa shape index (κ2) is 6.57. The predicted octanol–water partition coefficient (Wildman–Crippen LogP) is 2.23. The van der Waals surface area contributed by atoms with E-state index in [0.29, 0.717) is 25.5 Å². The first-order valence-electron chi connectivity index (χ1n) is 6.74. The van der Waals surface area contributed by atoms with Gasteiger partial charge in [0.25, 0.3) is 0 Å². The first-order valence-corrected chi connectivity index (χ1v) is 6.74. The summed E-state index contributed by atoms with van der Waals surface area (Å²) in [6.45, 7) is 0.545. The number of rotatable bonds is 6. The Balaban J connectivity index is 1.84. The Hall–Kier alpha value is -1.55. The van der Waals surface area contributed by atoms with Crippen molar-refractivity contribution in [3.63, 3.8) is 0 Å². The van der Waals surface area contributed by atoms with Crippen LogP contribution in [0.15, 0.2) is 18.2 Å². The molecule has 1 N–H and O–H groups in total. The fourth-order valence-electron chi connectivity index (χ4n) is 2.49. The van der Waals surface area contributed by atoms with Crippen LogP contribution in [0, 0.1) is 0 Å². The molecule has 0 spiro atoms. The molecule has 2 rings (SSSR count). The van der Waals surface area contributed by atoms with Crippen molar-refractivity contribution in [2.45, 2.75) is 31.7 Å². The van der Waals surface area contributed by atoms with E-state index in [2.05, 4.69) is 22.2 Å². The minimum Gasteiger partial charge on any atom is -0.494 e. The molecule has 1 aromatic carbocycles. The zero-order chi connectivity index (χ0) is 13.7. The van der Waals surface area contributed by atoms with Crippen LogP contribution < -0.4 is 10.1 Å². The van der Waals surface area contributed by atoms with Gasteiger partial charge in [-0.2, -0.15) is 0 Å². The summed E-state index contributed by atoms with van der Waals surface area (Å²) in [7, 11) is 3.40. The van der Waals surface area contributed by atoms with Gasteiger partial charge in [-0.05, 0) is 49.6 Å². The number of esters is 1. The van der Waals surface area contributed by atoms with Crippen molar-refractivity contribution < 1.29 is 14.3 Å². The van der Waals surface area contributed by atoms with Crippen LogP contribution in [0.1, 0.15) is 36.4 Å². The van der Waals surface area contributed by atoms with Gasteiger partial charge >= 0.3 is 5.97 Å². The van der Waals surface area contributed by atoms with E-state index in [1.807, 2.05) is 13.1 Å². The Morgan fingerprint density at radius 2 is 2.32 bits per heavy atom. The van der Waals surface area contributed by atoms with E-state index in [9.17, 15) is 4.79 Å². The summed E-state index contributed by atoms with van der Waals surface area (Å²) in [5.74, 6) is 0.704. The quantitative estimate of drug-likeness (QED) is 0.631. The molecule has 0 aliphatic heterocycles. The number of methoxy groups -OCH3 is 1. The van der Waals surface area contributed by atoms with Gasteiger partial charge < -0.3 is 14.8 Å². The summed E-state index contributed by atoms with van der Waals surface area (Å²) in [5.41, 5.74) is 2.74. The monoisotopic (exact) mass is 263 g/mol. The molecular formula is C15H21NO3. The number of carbonyl (C=O) groups is 1. The number of hydrogen-bond acceptors (Lipinski definition) is 4. The lowest BCUT2D eigenvalue weighted by molar-refractivity contribution is -0.140. The standard InChI is InChI=1S/C15H21NO3/c1-16-14-8-5-11-10-12(6-7-13(11)14)19-9-3-4-15(17)18-2/h6-7,10,14,16H,3-5,8-9H2,1-2H3. The van der Waals surface area contributed by atoms with Gasteiger partial charge in [-0.1, -0.05) is 6.07 Å². The molecule has 0 radical (unpaired) electrons. The summed E-state index contributed by atoms with van der Waals surface area (Å²) < 4.78 is 10.3. The molecule has 19 heavy (non-hydrogen) atoms. The van der Waals surface area contributed by atoms with Gasteiger partial charge in [0.1, 0.15) is 5.75 Å². The van der Waals surface area contributed by atoms with Crippen molar-refractivity contribution in [3.05, 3.63) is 29.3 Å². The van der Waals surface area contributed by atoms with Crippen molar-refractivity contribution in [1.29, 1.82) is 0 Å². The Morgan fingerprint density at radius 3 is 3.05 bits per heavy atom. The van der Waals surface area contributed by atoms with Crippen molar-refractivity contribution in [3.8, 4) is 5.75 Å². The number of carbonyl (C=O) groups excluding carboxylic acids is 1. The fraction of sp³-hybridized carbons (Fsp3) is 0.533. The average Bonchev–Trinajstić information content (AvgIpc) is 2.85. The second-order valence-corrected chi connectivity index (χ2v) is 4.77. The van der Waals surface area contributed by atoms with Crippen LogP contribution in [0.4, 0.5) is 0 Å². The molecule has 0 bridgehead atoms. The van der Waals surface area contributed by atoms with E-state index >= 15 is 0 Å². The summed E-state index contributed by atoms with van der Waals surface area (Å²) in [6.07, 6.45) is 3.34. The van der Waals surface area contributed by atoms with E-state index in [-0.39, 0.29) is 5.97 Å². The van der Waals surface area contributed by atoms with Crippen molar-refractivity contribution >= 4 is 5.97 Å². The highest BCUT2D eigenvalue weighted by molar-refractivity contribution is 5.69. The molecule has 1 aliphatic carbocycles. The number of nitrogens with one attached hydrogen (secondary N) is 1. The lowest BCUT2D eigenvalue weighted by Gasteiger charge is -2.11. The lowest BCUT2D eigenvalue weighted by Crippen LogP contribution is -2.12. The van der Waals surface area contributed by atoms with Gasteiger partial charge in [0.15, 0.2) is 0 Å². The molecule has 1 aromatic rings. The molecule has 0 heterocycles. The van der Waals surface area contributed by atoms with Gasteiger partial charge in [0.05, 0.1) is 13.7 Å². The molecule has 1 aliphatic rings. The summed E-state index contributed by atoms with van der Waals surface area (Å²) in [4.78, 5) is 11.0. The van der Waals surface area contributed by atoms with E-state index in [4.69, 9.17) is 4.74 Å². The van der Waals surface area contributed by atoms with Crippen LogP contribution in [0.25, 0.3) is 0 Å². The van der Waals surface area contributed by atoms with Crippen molar-refractivity contribution in [1.82, 2.24) is 5.32 Å². The van der Waals surface area contributed by atoms with Crippen LogP contribution in [0.2, 0.25) is 0 Å². The van der Waals surface area contributed by atoms with Crippen LogP contribution in [-0.4, -0.2) is 26.7 Å². The van der Waals surface area contributed by atoms with Crippen molar-refractivity contribution in [2.75, 3.05) is 20.8 Å². The first-order chi connectivity index (χ1) is 9.24. The van der Waals surface area contributed by atoms with E-state index in [0.717, 1.165) is 18.6 Å². The number of fused-ring (bicyclic) bond motifs is 1. The highest BCUT2D eigenvalue weighted by Gasteiger charge is 2.20. The molecule has 1 atom stereocenters. The van der Waals surface area contributed by atoms with Gasteiger partial charge in [-0.15, -0.1) is 0 Å². The molecule has 0 saturated heterocycles. The highest BCUT2D eigenvalue weighted by atomic mass is 16.5. The van der Waals surface area contributed by atoms with E-state index in [1.54, 1.807) is 0 Å². The topological polar surface area (TPSA) is 47.6 Å². The third-order valence-electron chi connectivity index (χ3n) is 3.56. The zero-order valence-corrected chi connectivity index (χ0v) is 11.6. The van der Waals surface area contributed by atoms with Gasteiger partial charge in [0.2, 0.25) is 0 Å². The maximum atomic E-state index is 11.0. The second-order valence-electron chi connectivity index (χ2n) is 4.77. The van der Waals surface area contributed by atoms with Gasteiger partial charge in [0, 0.05) is 12.5 Å². The maximum Gasteiger partial charge on any atom is 0.305 e. The zero-order valence-electron chi connectivity index (χ0n) is 11.6. The van der Waals surface area contributed by atoms with Crippen LogP contribution in [-0.2, 0) is 16.0 Å². The molecule has 0 aromatic heterocycles. The Morgan fingerprint density at radius 1 is 1.47 bits per heavy atom. The number of benzene rings is 1. The molecule has 0 fully saturated rings. The molecular weight excluding hydrogens is 242 g/mol. The molecule has 4 heteroatoms.